The minimum atomic E-state index is -0.835. The fourth-order valence-electron chi connectivity index (χ4n) is 1.95. The lowest BCUT2D eigenvalue weighted by Gasteiger charge is -2.07. The summed E-state index contributed by atoms with van der Waals surface area (Å²) in [5.74, 6) is 5.95. The van der Waals surface area contributed by atoms with Gasteiger partial charge in [0, 0.05) is 12.0 Å². The van der Waals surface area contributed by atoms with E-state index in [0.29, 0.717) is 11.5 Å². The van der Waals surface area contributed by atoms with Crippen LogP contribution in [0.25, 0.3) is 0 Å². The predicted octanol–water partition coefficient (Wildman–Crippen LogP) is 4.08. The lowest BCUT2D eigenvalue weighted by atomic mass is 10.1. The van der Waals surface area contributed by atoms with Gasteiger partial charge in [-0.3, -0.25) is 0 Å². The van der Waals surface area contributed by atoms with Crippen molar-refractivity contribution < 1.29 is 19.2 Å². The molecule has 0 fully saturated rings. The molecule has 2 aromatic rings. The summed E-state index contributed by atoms with van der Waals surface area (Å²) in [6.45, 7) is 4.30. The first kappa shape index (κ1) is 19.1. The van der Waals surface area contributed by atoms with E-state index in [1.165, 1.54) is 0 Å². The lowest BCUT2D eigenvalue weighted by molar-refractivity contribution is 0.0197. The molecule has 0 heterocycles. The van der Waals surface area contributed by atoms with Crippen molar-refractivity contribution in [1.82, 2.24) is 5.48 Å². The third-order valence-corrected chi connectivity index (χ3v) is 3.30. The van der Waals surface area contributed by atoms with Crippen molar-refractivity contribution in [2.24, 2.45) is 5.92 Å². The summed E-state index contributed by atoms with van der Waals surface area (Å²) in [4.78, 5) is 28.2. The highest BCUT2D eigenvalue weighted by Crippen LogP contribution is 2.06. The Morgan fingerprint density at radius 2 is 1.73 bits per heavy atom. The Labute approximate surface area is 153 Å². The number of ether oxygens (including phenoxy) is 1. The van der Waals surface area contributed by atoms with Gasteiger partial charge in [0.25, 0.3) is 0 Å². The number of carbonyl (C=O) groups excluding carboxylic acids is 2. The topological polar surface area (TPSA) is 64.6 Å². The Morgan fingerprint density at radius 1 is 1.04 bits per heavy atom. The van der Waals surface area contributed by atoms with Gasteiger partial charge in [-0.15, -0.1) is 5.48 Å². The zero-order valence-electron chi connectivity index (χ0n) is 14.8. The van der Waals surface area contributed by atoms with Gasteiger partial charge in [0.2, 0.25) is 0 Å². The predicted molar refractivity (Wildman–Crippen MR) is 98.0 cm³/mol. The van der Waals surface area contributed by atoms with Crippen molar-refractivity contribution in [2.75, 3.05) is 0 Å². The largest absolute Gasteiger partial charge is 0.443 e. The van der Waals surface area contributed by atoms with Gasteiger partial charge >= 0.3 is 12.1 Å². The molecule has 5 heteroatoms. The third-order valence-electron chi connectivity index (χ3n) is 3.30. The van der Waals surface area contributed by atoms with Crippen molar-refractivity contribution in [3.63, 3.8) is 0 Å². The highest BCUT2D eigenvalue weighted by molar-refractivity contribution is 5.90. The van der Waals surface area contributed by atoms with E-state index < -0.39 is 12.1 Å². The fourth-order valence-corrected chi connectivity index (χ4v) is 1.95. The van der Waals surface area contributed by atoms with Crippen LogP contribution in [0, 0.1) is 17.8 Å². The highest BCUT2D eigenvalue weighted by Gasteiger charge is 2.10. The summed E-state index contributed by atoms with van der Waals surface area (Å²) in [6, 6.07) is 15.9. The Morgan fingerprint density at radius 3 is 2.38 bits per heavy atom. The first-order valence-corrected chi connectivity index (χ1v) is 8.31. The van der Waals surface area contributed by atoms with Gasteiger partial charge in [-0.1, -0.05) is 56.0 Å². The highest BCUT2D eigenvalue weighted by atomic mass is 16.7. The summed E-state index contributed by atoms with van der Waals surface area (Å²) in [6.07, 6.45) is -0.0166. The molecule has 0 unspecified atom stereocenters. The second-order valence-electron chi connectivity index (χ2n) is 6.03. The SMILES string of the molecule is CC(C)CC#Cc1ccc(C(=O)ONC(=O)OCc2ccccc2)cc1. The number of benzene rings is 2. The van der Waals surface area contributed by atoms with E-state index in [4.69, 9.17) is 9.57 Å². The molecule has 2 aromatic carbocycles. The molecule has 0 saturated heterocycles. The first-order chi connectivity index (χ1) is 12.5. The van der Waals surface area contributed by atoms with Gasteiger partial charge in [0.1, 0.15) is 6.61 Å². The Balaban J connectivity index is 1.78. The van der Waals surface area contributed by atoms with Gasteiger partial charge in [0.15, 0.2) is 0 Å². The second-order valence-corrected chi connectivity index (χ2v) is 6.03. The van der Waals surface area contributed by atoms with Crippen molar-refractivity contribution in [3.05, 3.63) is 71.3 Å². The lowest BCUT2D eigenvalue weighted by Crippen LogP contribution is -2.27. The maximum Gasteiger partial charge on any atom is 0.441 e. The van der Waals surface area contributed by atoms with Crippen molar-refractivity contribution >= 4 is 12.1 Å². The molecule has 134 valence electrons. The van der Waals surface area contributed by atoms with E-state index >= 15 is 0 Å². The second kappa shape index (κ2) is 9.90. The minimum absolute atomic E-state index is 0.0912. The van der Waals surface area contributed by atoms with Crippen LogP contribution in [0.15, 0.2) is 54.6 Å². The van der Waals surface area contributed by atoms with Crippen LogP contribution >= 0.6 is 0 Å². The van der Waals surface area contributed by atoms with E-state index in [9.17, 15) is 9.59 Å². The van der Waals surface area contributed by atoms with Crippen LogP contribution in [0.5, 0.6) is 0 Å². The number of hydroxylamine groups is 1. The van der Waals surface area contributed by atoms with Gasteiger partial charge in [-0.05, 0) is 35.7 Å². The third kappa shape index (κ3) is 6.70. The van der Waals surface area contributed by atoms with E-state index in [2.05, 4.69) is 25.7 Å². The molecule has 0 spiro atoms. The van der Waals surface area contributed by atoms with Crippen molar-refractivity contribution in [2.45, 2.75) is 26.9 Å². The molecule has 0 radical (unpaired) electrons. The zero-order chi connectivity index (χ0) is 18.8. The Kier molecular flexibility index (Phi) is 7.26. The molecule has 0 aliphatic rings. The minimum Gasteiger partial charge on any atom is -0.443 e. The maximum atomic E-state index is 11.9. The summed E-state index contributed by atoms with van der Waals surface area (Å²) >= 11 is 0. The molecular weight excluding hydrogens is 330 g/mol. The van der Waals surface area contributed by atoms with Crippen LogP contribution in [0.4, 0.5) is 4.79 Å². The molecule has 0 aliphatic carbocycles. The molecule has 5 nitrogen and oxygen atoms in total. The van der Waals surface area contributed by atoms with Gasteiger partial charge in [-0.2, -0.15) is 0 Å². The zero-order valence-corrected chi connectivity index (χ0v) is 14.8. The molecule has 0 aromatic heterocycles. The summed E-state index contributed by atoms with van der Waals surface area (Å²) in [7, 11) is 0. The van der Waals surface area contributed by atoms with E-state index in [1.54, 1.807) is 24.3 Å². The van der Waals surface area contributed by atoms with E-state index in [-0.39, 0.29) is 6.61 Å². The molecule has 26 heavy (non-hydrogen) atoms. The molecule has 0 bridgehead atoms. The monoisotopic (exact) mass is 351 g/mol. The number of amides is 1. The number of nitrogens with one attached hydrogen (secondary N) is 1. The van der Waals surface area contributed by atoms with Crippen LogP contribution < -0.4 is 5.48 Å². The number of hydrogen-bond acceptors (Lipinski definition) is 4. The number of carbonyl (C=O) groups is 2. The van der Waals surface area contributed by atoms with Crippen LogP contribution in [-0.2, 0) is 16.2 Å². The summed E-state index contributed by atoms with van der Waals surface area (Å²) in [5.41, 5.74) is 3.94. The first-order valence-electron chi connectivity index (χ1n) is 8.31. The van der Waals surface area contributed by atoms with E-state index in [0.717, 1.165) is 17.5 Å². The maximum absolute atomic E-state index is 11.9. The van der Waals surface area contributed by atoms with Crippen LogP contribution in [-0.4, -0.2) is 12.1 Å². The molecular formula is C21H21NO4. The number of rotatable bonds is 4. The normalized spacial score (nSPS) is 9.81. The number of hydrogen-bond donors (Lipinski definition) is 1. The van der Waals surface area contributed by atoms with Gasteiger partial charge < -0.3 is 9.57 Å². The quantitative estimate of drug-likeness (QED) is 0.666. The average molecular weight is 351 g/mol. The van der Waals surface area contributed by atoms with Crippen LogP contribution in [0.2, 0.25) is 0 Å². The molecule has 0 aliphatic heterocycles. The van der Waals surface area contributed by atoms with E-state index in [1.807, 2.05) is 35.8 Å². The molecule has 1 N–H and O–H groups in total. The molecule has 2 rings (SSSR count). The molecule has 0 saturated carbocycles. The molecule has 0 atom stereocenters. The summed E-state index contributed by atoms with van der Waals surface area (Å²) < 4.78 is 4.95. The van der Waals surface area contributed by atoms with Crippen LogP contribution in [0.1, 0.15) is 41.8 Å². The molecule has 1 amide bonds. The average Bonchev–Trinajstić information content (AvgIpc) is 2.65. The standard InChI is InChI=1S/C21H21NO4/c1-16(2)7-6-10-17-11-13-19(14-12-17)20(23)26-22-21(24)25-15-18-8-4-3-5-9-18/h3-5,8-9,11-14,16H,7,15H2,1-2H3,(H,22,24). The van der Waals surface area contributed by atoms with Crippen molar-refractivity contribution in [3.8, 4) is 11.8 Å². The van der Waals surface area contributed by atoms with Gasteiger partial charge in [-0.25, -0.2) is 9.59 Å². The fraction of sp³-hybridized carbons (Fsp3) is 0.238. The summed E-state index contributed by atoms with van der Waals surface area (Å²) in [5, 5.41) is 0. The van der Waals surface area contributed by atoms with Crippen molar-refractivity contribution in [1.29, 1.82) is 0 Å². The Hall–Kier alpha value is -3.26. The van der Waals surface area contributed by atoms with Crippen LogP contribution in [0.3, 0.4) is 0 Å². The van der Waals surface area contributed by atoms with Gasteiger partial charge in [0.05, 0.1) is 5.56 Å². The smallest absolute Gasteiger partial charge is 0.441 e. The Bertz CT molecular complexity index is 786.